The van der Waals surface area contributed by atoms with E-state index in [4.69, 9.17) is 16.0 Å². The molecule has 0 saturated heterocycles. The average molecular weight is 385 g/mol. The summed E-state index contributed by atoms with van der Waals surface area (Å²) >= 11 is 6.17. The first kappa shape index (κ1) is 21.5. The van der Waals surface area contributed by atoms with Gasteiger partial charge in [-0.15, -0.1) is 0 Å². The number of allylic oxidation sites excluding steroid dienone is 2. The molecular weight excluding hydrogens is 359 g/mol. The summed E-state index contributed by atoms with van der Waals surface area (Å²) < 4.78 is 19.9. The Hall–Kier alpha value is -1.50. The molecule has 1 aromatic heterocycles. The van der Waals surface area contributed by atoms with E-state index in [0.717, 1.165) is 0 Å². The topological polar surface area (TPSA) is 51.2 Å². The number of halogens is 2. The van der Waals surface area contributed by atoms with Crippen molar-refractivity contribution in [3.05, 3.63) is 53.2 Å². The van der Waals surface area contributed by atoms with E-state index in [1.54, 1.807) is 12.1 Å². The highest BCUT2D eigenvalue weighted by Crippen LogP contribution is 2.40. The summed E-state index contributed by atoms with van der Waals surface area (Å²) in [6.07, 6.45) is 1.76. The van der Waals surface area contributed by atoms with Crippen LogP contribution in [0.1, 0.15) is 39.4 Å². The molecule has 138 valence electrons. The Balaban J connectivity index is 3.23. The van der Waals surface area contributed by atoms with Crippen LogP contribution in [0.15, 0.2) is 42.5 Å². The lowest BCUT2D eigenvalue weighted by atomic mass is 10.1. The summed E-state index contributed by atoms with van der Waals surface area (Å²) in [7, 11) is -2.31. The van der Waals surface area contributed by atoms with Crippen LogP contribution in [0.25, 0.3) is 0 Å². The van der Waals surface area contributed by atoms with Crippen LogP contribution in [-0.4, -0.2) is 19.2 Å². The molecule has 1 N–H and O–H groups in total. The molecule has 0 aliphatic rings. The predicted molar refractivity (Wildman–Crippen MR) is 102 cm³/mol. The third kappa shape index (κ3) is 5.49. The molecule has 0 radical (unpaired) electrons. The van der Waals surface area contributed by atoms with E-state index < -0.39 is 26.2 Å². The monoisotopic (exact) mass is 384 g/mol. The van der Waals surface area contributed by atoms with Crippen molar-refractivity contribution in [2.75, 3.05) is 0 Å². The number of carbonyl (C=O) groups is 1. The number of nitrogens with one attached hydrogen (secondary N) is 1. The Morgan fingerprint density at radius 3 is 2.56 bits per heavy atom. The largest absolute Gasteiger partial charge is 0.401 e. The zero-order chi connectivity index (χ0) is 19.4. The van der Waals surface area contributed by atoms with Gasteiger partial charge in [0.25, 0.3) is 5.91 Å². The fraction of sp³-hybridized carbons (Fsp3) is 0.444. The van der Waals surface area contributed by atoms with E-state index in [0.29, 0.717) is 5.56 Å². The van der Waals surface area contributed by atoms with E-state index in [1.807, 2.05) is 13.1 Å². The van der Waals surface area contributed by atoms with E-state index in [9.17, 15) is 9.18 Å². The number of pyridine rings is 1. The van der Waals surface area contributed by atoms with Crippen molar-refractivity contribution < 1.29 is 13.6 Å². The molecule has 7 heteroatoms. The summed E-state index contributed by atoms with van der Waals surface area (Å²) in [6, 6.07) is 3.36. The maximum Gasteiger partial charge on any atom is 0.257 e. The molecule has 0 aromatic carbocycles. The van der Waals surface area contributed by atoms with E-state index in [1.165, 1.54) is 19.2 Å². The van der Waals surface area contributed by atoms with Crippen LogP contribution in [0, 0.1) is 0 Å². The minimum Gasteiger partial charge on any atom is -0.401 e. The number of nitrogens with zero attached hydrogens (tertiary/aromatic N) is 1. The van der Waals surface area contributed by atoms with Crippen molar-refractivity contribution in [3.63, 3.8) is 0 Å². The first-order valence-corrected chi connectivity index (χ1v) is 11.3. The highest BCUT2D eigenvalue weighted by molar-refractivity contribution is 6.74. The second-order valence-electron chi connectivity index (χ2n) is 7.25. The molecule has 1 rings (SSSR count). The molecule has 1 amide bonds. The smallest absolute Gasteiger partial charge is 0.257 e. The molecule has 0 aliphatic heterocycles. The van der Waals surface area contributed by atoms with E-state index >= 15 is 0 Å². The van der Waals surface area contributed by atoms with Crippen molar-refractivity contribution >= 4 is 25.8 Å². The van der Waals surface area contributed by atoms with Gasteiger partial charge in [0.05, 0.1) is 5.70 Å². The lowest BCUT2D eigenvalue weighted by Gasteiger charge is -2.39. The van der Waals surface area contributed by atoms with Crippen LogP contribution < -0.4 is 5.32 Å². The summed E-state index contributed by atoms with van der Waals surface area (Å²) in [4.78, 5) is 16.8. The highest BCUT2D eigenvalue weighted by Gasteiger charge is 2.41. The normalized spacial score (nSPS) is 14.2. The van der Waals surface area contributed by atoms with Crippen LogP contribution in [-0.2, 0) is 9.22 Å². The van der Waals surface area contributed by atoms with Crippen LogP contribution in [0.2, 0.25) is 23.3 Å². The van der Waals surface area contributed by atoms with Gasteiger partial charge in [-0.05, 0) is 37.2 Å². The molecule has 4 nitrogen and oxygen atoms in total. The maximum absolute atomic E-state index is 13.6. The van der Waals surface area contributed by atoms with Gasteiger partial charge in [0.15, 0.2) is 14.4 Å². The molecule has 0 bridgehead atoms. The third-order valence-corrected chi connectivity index (χ3v) is 9.10. The van der Waals surface area contributed by atoms with Gasteiger partial charge in [-0.2, -0.15) is 0 Å². The fourth-order valence-corrected chi connectivity index (χ4v) is 3.17. The van der Waals surface area contributed by atoms with Gasteiger partial charge >= 0.3 is 0 Å². The molecule has 0 fully saturated rings. The van der Waals surface area contributed by atoms with Gasteiger partial charge in [0, 0.05) is 11.8 Å². The first-order chi connectivity index (χ1) is 11.4. The maximum atomic E-state index is 13.6. The van der Waals surface area contributed by atoms with Gasteiger partial charge < -0.3 is 9.74 Å². The highest BCUT2D eigenvalue weighted by atomic mass is 35.5. The number of hydrogen-bond donors (Lipinski definition) is 1. The average Bonchev–Trinajstić information content (AvgIpc) is 2.51. The standard InChI is InChI=1S/C18H26ClFN2O2Si/c1-8-14(20)12(2)22-17(23)15(13-10-9-11-21-16(13)19)24-25(6,7)18(3,4)5/h8-11,15H,2H2,1,3-7H3,(H,22,23)/b14-8+. The molecule has 1 aromatic rings. The van der Waals surface area contributed by atoms with Crippen LogP contribution in [0.3, 0.4) is 0 Å². The Bertz CT molecular complexity index is 684. The predicted octanol–water partition coefficient (Wildman–Crippen LogP) is 5.30. The molecule has 0 spiro atoms. The minimum atomic E-state index is -2.31. The van der Waals surface area contributed by atoms with Gasteiger partial charge in [-0.1, -0.05) is 45.0 Å². The Labute approximate surface area is 155 Å². The summed E-state index contributed by atoms with van der Waals surface area (Å²) in [6.45, 7) is 15.3. The SMILES string of the molecule is C=C(NC(=O)C(O[Si](C)(C)C(C)(C)C)c1cccnc1Cl)/C(F)=C\C. The van der Waals surface area contributed by atoms with Gasteiger partial charge in [0.1, 0.15) is 11.0 Å². The number of hydrogen-bond acceptors (Lipinski definition) is 3. The van der Waals surface area contributed by atoms with Gasteiger partial charge in [-0.25, -0.2) is 9.37 Å². The first-order valence-electron chi connectivity index (χ1n) is 8.01. The van der Waals surface area contributed by atoms with Gasteiger partial charge in [-0.3, -0.25) is 4.79 Å². The molecule has 1 heterocycles. The molecule has 25 heavy (non-hydrogen) atoms. The second kappa shape index (κ2) is 8.25. The molecule has 1 atom stereocenters. The fourth-order valence-electron chi connectivity index (χ4n) is 1.77. The molecular formula is C18H26ClFN2O2Si. The van der Waals surface area contributed by atoms with Crippen molar-refractivity contribution in [1.29, 1.82) is 0 Å². The number of rotatable bonds is 6. The van der Waals surface area contributed by atoms with Crippen molar-refractivity contribution in [1.82, 2.24) is 10.3 Å². The van der Waals surface area contributed by atoms with Crippen LogP contribution >= 0.6 is 11.6 Å². The Morgan fingerprint density at radius 2 is 2.08 bits per heavy atom. The summed E-state index contributed by atoms with van der Waals surface area (Å²) in [5.41, 5.74) is 0.330. The third-order valence-electron chi connectivity index (χ3n) is 4.34. The van der Waals surface area contributed by atoms with Crippen LogP contribution in [0.5, 0.6) is 0 Å². The van der Waals surface area contributed by atoms with Crippen molar-refractivity contribution in [2.45, 2.75) is 51.9 Å². The molecule has 1 unspecified atom stereocenters. The zero-order valence-electron chi connectivity index (χ0n) is 15.6. The Kier molecular flexibility index (Phi) is 7.11. The number of aromatic nitrogens is 1. The van der Waals surface area contributed by atoms with E-state index in [-0.39, 0.29) is 15.9 Å². The van der Waals surface area contributed by atoms with Crippen molar-refractivity contribution in [2.24, 2.45) is 0 Å². The van der Waals surface area contributed by atoms with E-state index in [2.05, 4.69) is 37.7 Å². The van der Waals surface area contributed by atoms with Crippen molar-refractivity contribution in [3.8, 4) is 0 Å². The summed E-state index contributed by atoms with van der Waals surface area (Å²) in [5, 5.41) is 2.52. The molecule has 0 aliphatic carbocycles. The number of amides is 1. The summed E-state index contributed by atoms with van der Waals surface area (Å²) in [5.74, 6) is -1.13. The van der Waals surface area contributed by atoms with Crippen LogP contribution in [0.4, 0.5) is 4.39 Å². The quantitative estimate of drug-likeness (QED) is 0.411. The zero-order valence-corrected chi connectivity index (χ0v) is 17.4. The number of carbonyl (C=O) groups excluding carboxylic acids is 1. The molecule has 0 saturated carbocycles. The lowest BCUT2D eigenvalue weighted by molar-refractivity contribution is -0.128. The second-order valence-corrected chi connectivity index (χ2v) is 12.4. The minimum absolute atomic E-state index is 0.114. The van der Waals surface area contributed by atoms with Gasteiger partial charge in [0.2, 0.25) is 0 Å². The Morgan fingerprint density at radius 1 is 1.48 bits per heavy atom. The lowest BCUT2D eigenvalue weighted by Crippen LogP contribution is -2.45.